The lowest BCUT2D eigenvalue weighted by Crippen LogP contribution is -1.51. The van der Waals surface area contributed by atoms with Gasteiger partial charge in [-0.2, -0.15) is 0 Å². The molecule has 0 aliphatic rings. The normalized spacial score (nSPS) is 7.50. The van der Waals surface area contributed by atoms with Gasteiger partial charge in [0.2, 0.25) is 0 Å². The lowest BCUT2D eigenvalue weighted by molar-refractivity contribution is 0.262. The zero-order chi connectivity index (χ0) is 3.41. The smallest absolute Gasteiger partial charge is 0.137 e. The molecule has 0 saturated carbocycles. The minimum Gasteiger partial charge on any atom is -0.224 e. The maximum absolute atomic E-state index is 9.19. The van der Waals surface area contributed by atoms with Gasteiger partial charge in [0, 0.05) is 0 Å². The number of rotatable bonds is 1. The SMILES string of the molecule is [O]CSS. The van der Waals surface area contributed by atoms with Crippen molar-refractivity contribution < 1.29 is 5.11 Å². The molecule has 0 aromatic heterocycles. The van der Waals surface area contributed by atoms with E-state index in [-0.39, 0.29) is 5.94 Å². The summed E-state index contributed by atoms with van der Waals surface area (Å²) in [5.41, 5.74) is 0. The van der Waals surface area contributed by atoms with Gasteiger partial charge in [-0.05, 0) is 0 Å². The first kappa shape index (κ1) is 4.66. The average molecular weight is 95.2 g/mol. The third kappa shape index (κ3) is 2.66. The highest BCUT2D eigenvalue weighted by atomic mass is 33.1. The lowest BCUT2D eigenvalue weighted by atomic mass is 11.7. The molecule has 0 amide bonds. The Bertz CT molecular complexity index is 8.00. The van der Waals surface area contributed by atoms with E-state index < -0.39 is 0 Å². The Morgan fingerprint density at radius 3 is 2.25 bits per heavy atom. The summed E-state index contributed by atoms with van der Waals surface area (Å²) in [4.78, 5) is 0. The van der Waals surface area contributed by atoms with E-state index >= 15 is 0 Å². The highest BCUT2D eigenvalue weighted by Crippen LogP contribution is 1.98. The van der Waals surface area contributed by atoms with E-state index in [0.29, 0.717) is 0 Å². The largest absolute Gasteiger partial charge is 0.224 e. The molecular formula is CH3OS2. The van der Waals surface area contributed by atoms with Crippen molar-refractivity contribution in [2.75, 3.05) is 5.94 Å². The molecule has 0 saturated heterocycles. The first-order valence-corrected chi connectivity index (χ1v) is 2.80. The molecule has 1 radical (unpaired) electrons. The fraction of sp³-hybridized carbons (Fsp3) is 1.00. The van der Waals surface area contributed by atoms with E-state index in [9.17, 15) is 5.11 Å². The minimum absolute atomic E-state index is 0.150. The zero-order valence-corrected chi connectivity index (χ0v) is 3.68. The molecule has 0 aliphatic heterocycles. The topological polar surface area (TPSA) is 19.9 Å². The average Bonchev–Trinajstić information content (AvgIpc) is 1.37. The van der Waals surface area contributed by atoms with Gasteiger partial charge in [0.15, 0.2) is 0 Å². The zero-order valence-electron chi connectivity index (χ0n) is 1.97. The molecule has 0 aliphatic carbocycles. The Morgan fingerprint density at radius 2 is 2.25 bits per heavy atom. The van der Waals surface area contributed by atoms with E-state index in [1.54, 1.807) is 0 Å². The van der Waals surface area contributed by atoms with Gasteiger partial charge < -0.3 is 0 Å². The molecule has 0 fully saturated rings. The van der Waals surface area contributed by atoms with Crippen molar-refractivity contribution in [1.29, 1.82) is 0 Å². The first-order chi connectivity index (χ1) is 1.91. The van der Waals surface area contributed by atoms with Gasteiger partial charge in [-0.15, -0.1) is 11.7 Å². The van der Waals surface area contributed by atoms with Crippen molar-refractivity contribution in [3.05, 3.63) is 0 Å². The molecular weight excluding hydrogens is 92.1 g/mol. The third-order valence-electron chi connectivity index (χ3n) is 0.0527. The molecule has 1 nitrogen and oxygen atoms in total. The number of hydrogen-bond donors (Lipinski definition) is 1. The van der Waals surface area contributed by atoms with E-state index in [1.807, 2.05) is 0 Å². The predicted molar refractivity (Wildman–Crippen MR) is 22.1 cm³/mol. The monoisotopic (exact) mass is 95.0 g/mol. The van der Waals surface area contributed by atoms with Crippen LogP contribution in [0.3, 0.4) is 0 Å². The predicted octanol–water partition coefficient (Wildman–Crippen LogP) is 0.952. The fourth-order valence-electron chi connectivity index (χ4n) is 0. The van der Waals surface area contributed by atoms with Gasteiger partial charge in [-0.1, -0.05) is 10.8 Å². The molecule has 0 heterocycles. The van der Waals surface area contributed by atoms with Crippen molar-refractivity contribution in [2.45, 2.75) is 0 Å². The van der Waals surface area contributed by atoms with Crippen molar-refractivity contribution >= 4 is 22.5 Å². The van der Waals surface area contributed by atoms with Crippen molar-refractivity contribution in [3.8, 4) is 0 Å². The second-order valence-electron chi connectivity index (χ2n) is 0.247. The van der Waals surface area contributed by atoms with Crippen LogP contribution in [0.15, 0.2) is 0 Å². The lowest BCUT2D eigenvalue weighted by Gasteiger charge is -1.64. The molecule has 0 spiro atoms. The van der Waals surface area contributed by atoms with Gasteiger partial charge >= 0.3 is 0 Å². The Hall–Kier alpha value is 0.660. The molecule has 0 rings (SSSR count). The second kappa shape index (κ2) is 3.66. The van der Waals surface area contributed by atoms with Gasteiger partial charge in [-0.3, -0.25) is 0 Å². The van der Waals surface area contributed by atoms with Crippen molar-refractivity contribution in [3.63, 3.8) is 0 Å². The summed E-state index contributed by atoms with van der Waals surface area (Å²) in [6, 6.07) is 0. The molecule has 25 valence electrons. The molecule has 0 N–H and O–H groups in total. The van der Waals surface area contributed by atoms with Gasteiger partial charge in [0.25, 0.3) is 0 Å². The molecule has 3 heteroatoms. The summed E-state index contributed by atoms with van der Waals surface area (Å²) >= 11 is 3.52. The van der Waals surface area contributed by atoms with Gasteiger partial charge in [-0.25, -0.2) is 5.11 Å². The fourth-order valence-corrected chi connectivity index (χ4v) is 0. The number of hydrogen-bond acceptors (Lipinski definition) is 2. The van der Waals surface area contributed by atoms with Crippen LogP contribution < -0.4 is 0 Å². The van der Waals surface area contributed by atoms with Crippen molar-refractivity contribution in [2.24, 2.45) is 0 Å². The summed E-state index contributed by atoms with van der Waals surface area (Å²) in [5.74, 6) is -0.150. The van der Waals surface area contributed by atoms with Gasteiger partial charge in [0.1, 0.15) is 5.94 Å². The summed E-state index contributed by atoms with van der Waals surface area (Å²) in [6.45, 7) is 0. The molecule has 0 atom stereocenters. The van der Waals surface area contributed by atoms with E-state index in [0.717, 1.165) is 10.8 Å². The van der Waals surface area contributed by atoms with E-state index in [2.05, 4.69) is 11.7 Å². The van der Waals surface area contributed by atoms with Crippen LogP contribution in [0.1, 0.15) is 0 Å². The molecule has 0 aromatic rings. The Labute approximate surface area is 34.2 Å². The van der Waals surface area contributed by atoms with Crippen LogP contribution in [0.4, 0.5) is 0 Å². The number of thiol groups is 1. The van der Waals surface area contributed by atoms with Crippen LogP contribution in [-0.2, 0) is 5.11 Å². The molecule has 0 bridgehead atoms. The molecule has 4 heavy (non-hydrogen) atoms. The second-order valence-corrected chi connectivity index (χ2v) is 1.52. The first-order valence-electron chi connectivity index (χ1n) is 0.760. The van der Waals surface area contributed by atoms with Crippen LogP contribution in [0.5, 0.6) is 0 Å². The standard InChI is InChI=1S/CH3OS2/c2-1-4-3/h3H,1H2. The van der Waals surface area contributed by atoms with Gasteiger partial charge in [0.05, 0.1) is 0 Å². The highest BCUT2D eigenvalue weighted by molar-refractivity contribution is 8.68. The van der Waals surface area contributed by atoms with E-state index in [4.69, 9.17) is 0 Å². The van der Waals surface area contributed by atoms with Crippen LogP contribution in [0, 0.1) is 0 Å². The summed E-state index contributed by atoms with van der Waals surface area (Å²) < 4.78 is 0. The Balaban J connectivity index is 1.97. The van der Waals surface area contributed by atoms with Crippen LogP contribution >= 0.6 is 22.5 Å². The van der Waals surface area contributed by atoms with E-state index in [1.165, 1.54) is 0 Å². The third-order valence-corrected chi connectivity index (χ3v) is 0.474. The minimum atomic E-state index is -0.150. The Morgan fingerprint density at radius 1 is 2.00 bits per heavy atom. The molecule has 0 unspecified atom stereocenters. The Kier molecular flexibility index (Phi) is 4.26. The van der Waals surface area contributed by atoms with Crippen LogP contribution in [-0.4, -0.2) is 5.94 Å². The summed E-state index contributed by atoms with van der Waals surface area (Å²) in [7, 11) is 0.995. The van der Waals surface area contributed by atoms with Crippen LogP contribution in [0.2, 0.25) is 0 Å². The maximum atomic E-state index is 9.19. The maximum Gasteiger partial charge on any atom is 0.137 e. The van der Waals surface area contributed by atoms with Crippen LogP contribution in [0.25, 0.3) is 0 Å². The quantitative estimate of drug-likeness (QED) is 0.292. The highest BCUT2D eigenvalue weighted by Gasteiger charge is 1.61. The summed E-state index contributed by atoms with van der Waals surface area (Å²) in [6.07, 6.45) is 0. The van der Waals surface area contributed by atoms with Crippen molar-refractivity contribution in [1.82, 2.24) is 0 Å². The summed E-state index contributed by atoms with van der Waals surface area (Å²) in [5, 5.41) is 9.19. The molecule has 0 aromatic carbocycles.